The Bertz CT molecular complexity index is 558. The SMILES string of the molecule is CC(C)C1CC[C@@H](C)C[C@H]1C(=O)N(C)CC(O)c1cccc(O)c1. The molecule has 4 nitrogen and oxygen atoms in total. The second kappa shape index (κ2) is 8.02. The third-order valence-electron chi connectivity index (χ3n) is 5.42. The number of phenols is 1. The highest BCUT2D eigenvalue weighted by Crippen LogP contribution is 2.39. The Balaban J connectivity index is 2.04. The van der Waals surface area contributed by atoms with Gasteiger partial charge in [0, 0.05) is 13.0 Å². The molecule has 4 atom stereocenters. The summed E-state index contributed by atoms with van der Waals surface area (Å²) in [5, 5.41) is 19.9. The summed E-state index contributed by atoms with van der Waals surface area (Å²) in [6.45, 7) is 6.86. The lowest BCUT2D eigenvalue weighted by Crippen LogP contribution is -2.42. The number of carbonyl (C=O) groups is 1. The molecule has 1 aromatic rings. The summed E-state index contributed by atoms with van der Waals surface area (Å²) in [4.78, 5) is 14.6. The van der Waals surface area contributed by atoms with Crippen molar-refractivity contribution in [2.24, 2.45) is 23.7 Å². The first-order chi connectivity index (χ1) is 11.3. The zero-order valence-corrected chi connectivity index (χ0v) is 15.3. The van der Waals surface area contributed by atoms with Crippen molar-refractivity contribution in [3.63, 3.8) is 0 Å². The molecule has 4 heteroatoms. The first-order valence-electron chi connectivity index (χ1n) is 9.01. The van der Waals surface area contributed by atoms with Gasteiger partial charge in [-0.3, -0.25) is 4.79 Å². The molecular weight excluding hydrogens is 302 g/mol. The van der Waals surface area contributed by atoms with E-state index >= 15 is 0 Å². The number of nitrogens with zero attached hydrogens (tertiary/aromatic N) is 1. The monoisotopic (exact) mass is 333 g/mol. The van der Waals surface area contributed by atoms with E-state index in [2.05, 4.69) is 20.8 Å². The lowest BCUT2D eigenvalue weighted by molar-refractivity contribution is -0.140. The number of aliphatic hydroxyl groups is 1. The van der Waals surface area contributed by atoms with Crippen LogP contribution in [-0.2, 0) is 4.79 Å². The van der Waals surface area contributed by atoms with Crippen LogP contribution in [0.15, 0.2) is 24.3 Å². The van der Waals surface area contributed by atoms with E-state index in [1.807, 2.05) is 0 Å². The fourth-order valence-corrected chi connectivity index (χ4v) is 3.96. The van der Waals surface area contributed by atoms with E-state index in [4.69, 9.17) is 0 Å². The quantitative estimate of drug-likeness (QED) is 0.865. The Morgan fingerprint density at radius 2 is 2.04 bits per heavy atom. The molecule has 2 N–H and O–H groups in total. The summed E-state index contributed by atoms with van der Waals surface area (Å²) >= 11 is 0. The van der Waals surface area contributed by atoms with Crippen molar-refractivity contribution < 1.29 is 15.0 Å². The van der Waals surface area contributed by atoms with Crippen molar-refractivity contribution in [2.45, 2.75) is 46.1 Å². The first-order valence-corrected chi connectivity index (χ1v) is 9.01. The number of benzene rings is 1. The van der Waals surface area contributed by atoms with Crippen molar-refractivity contribution in [1.82, 2.24) is 4.90 Å². The predicted molar refractivity (Wildman–Crippen MR) is 95.5 cm³/mol. The summed E-state index contributed by atoms with van der Waals surface area (Å²) in [5.74, 6) is 1.82. The number of amides is 1. The molecule has 1 saturated carbocycles. The summed E-state index contributed by atoms with van der Waals surface area (Å²) in [6.07, 6.45) is 2.46. The zero-order chi connectivity index (χ0) is 17.9. The standard InChI is InChI=1S/C20H31NO3/c1-13(2)17-9-8-14(3)10-18(17)20(24)21(4)12-19(23)15-6-5-7-16(22)11-15/h5-7,11,13-14,17-19,22-23H,8-10,12H2,1-4H3/t14-,17?,18-,19?/m1/s1. The maximum absolute atomic E-state index is 13.0. The molecule has 2 rings (SSSR count). The number of aromatic hydroxyl groups is 1. The molecule has 24 heavy (non-hydrogen) atoms. The smallest absolute Gasteiger partial charge is 0.225 e. The lowest BCUT2D eigenvalue weighted by atomic mass is 9.69. The van der Waals surface area contributed by atoms with Crippen molar-refractivity contribution in [3.05, 3.63) is 29.8 Å². The van der Waals surface area contributed by atoms with Gasteiger partial charge in [0.05, 0.1) is 12.6 Å². The number of aliphatic hydroxyl groups excluding tert-OH is 1. The van der Waals surface area contributed by atoms with Crippen LogP contribution in [0.1, 0.15) is 51.7 Å². The number of rotatable bonds is 5. The van der Waals surface area contributed by atoms with E-state index in [-0.39, 0.29) is 24.1 Å². The van der Waals surface area contributed by atoms with Gasteiger partial charge in [-0.2, -0.15) is 0 Å². The molecule has 0 radical (unpaired) electrons. The Hall–Kier alpha value is -1.55. The van der Waals surface area contributed by atoms with Gasteiger partial charge in [0.15, 0.2) is 0 Å². The average molecular weight is 333 g/mol. The lowest BCUT2D eigenvalue weighted by Gasteiger charge is -2.38. The summed E-state index contributed by atoms with van der Waals surface area (Å²) in [6, 6.07) is 6.58. The minimum absolute atomic E-state index is 0.0510. The van der Waals surface area contributed by atoms with E-state index < -0.39 is 6.10 Å². The van der Waals surface area contributed by atoms with Gasteiger partial charge in [0.2, 0.25) is 5.91 Å². The number of hydrogen-bond acceptors (Lipinski definition) is 3. The Morgan fingerprint density at radius 3 is 2.67 bits per heavy atom. The highest BCUT2D eigenvalue weighted by molar-refractivity contribution is 5.79. The third-order valence-corrected chi connectivity index (χ3v) is 5.42. The number of likely N-dealkylation sites (N-methyl/N-ethyl adjacent to an activating group) is 1. The highest BCUT2D eigenvalue weighted by atomic mass is 16.3. The van der Waals surface area contributed by atoms with Gasteiger partial charge in [-0.05, 0) is 48.3 Å². The molecule has 0 heterocycles. The molecule has 0 spiro atoms. The fourth-order valence-electron chi connectivity index (χ4n) is 3.96. The Kier molecular flexibility index (Phi) is 6.27. The van der Waals surface area contributed by atoms with E-state index in [0.717, 1.165) is 12.8 Å². The predicted octanol–water partition coefficient (Wildman–Crippen LogP) is 3.59. The maximum Gasteiger partial charge on any atom is 0.225 e. The van der Waals surface area contributed by atoms with Crippen LogP contribution < -0.4 is 0 Å². The van der Waals surface area contributed by atoms with Crippen LogP contribution in [0.4, 0.5) is 0 Å². The second-order valence-electron chi connectivity index (χ2n) is 7.76. The summed E-state index contributed by atoms with van der Waals surface area (Å²) < 4.78 is 0. The van der Waals surface area contributed by atoms with Crippen LogP contribution in [0.25, 0.3) is 0 Å². The van der Waals surface area contributed by atoms with Crippen molar-refractivity contribution in [3.8, 4) is 5.75 Å². The van der Waals surface area contributed by atoms with E-state index in [1.165, 1.54) is 6.42 Å². The number of hydrogen-bond donors (Lipinski definition) is 2. The van der Waals surface area contributed by atoms with Crippen LogP contribution in [0.3, 0.4) is 0 Å². The van der Waals surface area contributed by atoms with Gasteiger partial charge in [0.1, 0.15) is 5.75 Å². The molecule has 134 valence electrons. The van der Waals surface area contributed by atoms with Gasteiger partial charge < -0.3 is 15.1 Å². The number of phenolic OH excluding ortho intramolecular Hbond substituents is 1. The van der Waals surface area contributed by atoms with Crippen LogP contribution in [0, 0.1) is 23.7 Å². The van der Waals surface area contributed by atoms with Gasteiger partial charge in [-0.1, -0.05) is 39.3 Å². The highest BCUT2D eigenvalue weighted by Gasteiger charge is 2.37. The molecule has 1 fully saturated rings. The molecular formula is C20H31NO3. The van der Waals surface area contributed by atoms with Crippen molar-refractivity contribution in [2.75, 3.05) is 13.6 Å². The second-order valence-corrected chi connectivity index (χ2v) is 7.76. The first kappa shape index (κ1) is 18.8. The molecule has 1 amide bonds. The molecule has 0 saturated heterocycles. The van der Waals surface area contributed by atoms with Gasteiger partial charge in [-0.25, -0.2) is 0 Å². The minimum Gasteiger partial charge on any atom is -0.508 e. The topological polar surface area (TPSA) is 60.8 Å². The molecule has 1 aromatic carbocycles. The fraction of sp³-hybridized carbons (Fsp3) is 0.650. The largest absolute Gasteiger partial charge is 0.508 e. The minimum atomic E-state index is -0.787. The maximum atomic E-state index is 13.0. The average Bonchev–Trinajstić information content (AvgIpc) is 2.53. The molecule has 0 bridgehead atoms. The number of carbonyl (C=O) groups excluding carboxylic acids is 1. The van der Waals surface area contributed by atoms with Gasteiger partial charge >= 0.3 is 0 Å². The molecule has 0 aromatic heterocycles. The normalized spacial score (nSPS) is 25.5. The van der Waals surface area contributed by atoms with Crippen LogP contribution in [0.2, 0.25) is 0 Å². The summed E-state index contributed by atoms with van der Waals surface area (Å²) in [7, 11) is 1.77. The Morgan fingerprint density at radius 1 is 1.33 bits per heavy atom. The molecule has 0 aliphatic heterocycles. The molecule has 1 aliphatic carbocycles. The van der Waals surface area contributed by atoms with Crippen molar-refractivity contribution in [1.29, 1.82) is 0 Å². The summed E-state index contributed by atoms with van der Waals surface area (Å²) in [5.41, 5.74) is 0.632. The third kappa shape index (κ3) is 4.50. The van der Waals surface area contributed by atoms with Crippen LogP contribution in [-0.4, -0.2) is 34.6 Å². The van der Waals surface area contributed by atoms with Gasteiger partial charge in [0.25, 0.3) is 0 Å². The van der Waals surface area contributed by atoms with Crippen LogP contribution >= 0.6 is 0 Å². The molecule has 2 unspecified atom stereocenters. The Labute approximate surface area is 145 Å². The van der Waals surface area contributed by atoms with E-state index in [9.17, 15) is 15.0 Å². The van der Waals surface area contributed by atoms with Gasteiger partial charge in [-0.15, -0.1) is 0 Å². The van der Waals surface area contributed by atoms with E-state index in [0.29, 0.717) is 23.3 Å². The van der Waals surface area contributed by atoms with Crippen molar-refractivity contribution >= 4 is 5.91 Å². The molecule has 1 aliphatic rings. The van der Waals surface area contributed by atoms with E-state index in [1.54, 1.807) is 36.2 Å². The zero-order valence-electron chi connectivity index (χ0n) is 15.3. The van der Waals surface area contributed by atoms with Crippen LogP contribution in [0.5, 0.6) is 5.75 Å².